The van der Waals surface area contributed by atoms with Crippen molar-refractivity contribution >= 4 is 37.9 Å². The summed E-state index contributed by atoms with van der Waals surface area (Å²) in [6.07, 6.45) is 0. The topological polar surface area (TPSA) is 3.24 Å². The number of hydrogen-bond acceptors (Lipinski definition) is 4. The lowest BCUT2D eigenvalue weighted by atomic mass is 10.0. The second kappa shape index (κ2) is 13.7. The van der Waals surface area contributed by atoms with E-state index in [1.54, 1.807) is 0 Å². The molecule has 4 heteroatoms. The van der Waals surface area contributed by atoms with E-state index in [-0.39, 0.29) is 0 Å². The molecule has 0 amide bonds. The summed E-state index contributed by atoms with van der Waals surface area (Å²) < 4.78 is 0. The fraction of sp³-hybridized carbons (Fsp3) is 0.0769. The zero-order chi connectivity index (χ0) is 29.6. The molecule has 0 N–H and O–H groups in total. The summed E-state index contributed by atoms with van der Waals surface area (Å²) in [6, 6.07) is 50.8. The molecule has 0 bridgehead atoms. The number of hydrogen-bond donors (Lipinski definition) is 3. The molecule has 0 aliphatic rings. The van der Waals surface area contributed by atoms with Crippen molar-refractivity contribution in [3.63, 3.8) is 0 Å². The van der Waals surface area contributed by atoms with E-state index in [0.29, 0.717) is 0 Å². The Balaban J connectivity index is 1.38. The van der Waals surface area contributed by atoms with E-state index in [1.807, 2.05) is 18.2 Å². The Hall–Kier alpha value is -3.67. The van der Waals surface area contributed by atoms with Crippen LogP contribution in [0.5, 0.6) is 0 Å². The van der Waals surface area contributed by atoms with E-state index in [2.05, 4.69) is 132 Å². The summed E-state index contributed by atoms with van der Waals surface area (Å²) in [5.41, 5.74) is 10.5. The summed E-state index contributed by atoms with van der Waals surface area (Å²) in [6.45, 7) is 2.18. The highest BCUT2D eigenvalue weighted by Crippen LogP contribution is 2.35. The van der Waals surface area contributed by atoms with Crippen LogP contribution >= 0.6 is 37.9 Å². The van der Waals surface area contributed by atoms with Gasteiger partial charge in [-0.3, -0.25) is 4.90 Å². The van der Waals surface area contributed by atoms with Crippen LogP contribution in [0.15, 0.2) is 160 Å². The van der Waals surface area contributed by atoms with Gasteiger partial charge >= 0.3 is 0 Å². The Labute approximate surface area is 271 Å². The molecule has 0 saturated heterocycles. The minimum Gasteiger partial charge on any atom is -0.290 e. The molecule has 6 aromatic carbocycles. The Morgan fingerprint density at radius 3 is 0.884 bits per heavy atom. The Morgan fingerprint density at radius 1 is 0.326 bits per heavy atom. The Morgan fingerprint density at radius 2 is 0.605 bits per heavy atom. The fourth-order valence-electron chi connectivity index (χ4n) is 5.60. The van der Waals surface area contributed by atoms with Crippen LogP contribution in [0.1, 0.15) is 16.7 Å². The lowest BCUT2D eigenvalue weighted by Crippen LogP contribution is -2.23. The molecule has 1 nitrogen and oxygen atoms in total. The van der Waals surface area contributed by atoms with Gasteiger partial charge in [0.05, 0.1) is 0 Å². The smallest absolute Gasteiger partial charge is 0.0252 e. The quantitative estimate of drug-likeness (QED) is 0.137. The molecule has 0 unspecified atom stereocenters. The molecule has 0 atom stereocenters. The lowest BCUT2D eigenvalue weighted by molar-refractivity contribution is 0.242. The van der Waals surface area contributed by atoms with Crippen LogP contribution in [0.4, 0.5) is 0 Å². The molecule has 0 aromatic heterocycles. The van der Waals surface area contributed by atoms with Gasteiger partial charge in [0.2, 0.25) is 0 Å². The van der Waals surface area contributed by atoms with Gasteiger partial charge in [0.25, 0.3) is 0 Å². The first-order valence-electron chi connectivity index (χ1n) is 14.4. The minimum atomic E-state index is 0.727. The zero-order valence-corrected chi connectivity index (χ0v) is 26.4. The third kappa shape index (κ3) is 6.79. The molecule has 6 aromatic rings. The van der Waals surface area contributed by atoms with Crippen molar-refractivity contribution in [2.24, 2.45) is 0 Å². The molecule has 0 aliphatic carbocycles. The van der Waals surface area contributed by atoms with Crippen LogP contribution in [0.25, 0.3) is 33.4 Å². The number of thiol groups is 3. The SMILES string of the molecule is Sc1c(CN(Cc2cccc(-c3ccccc3)c2S)Cc2cccc(-c3ccccc3)c2S)cccc1-c1ccccc1. The molecular weight excluding hydrogens is 579 g/mol. The summed E-state index contributed by atoms with van der Waals surface area (Å²) in [7, 11) is 0. The van der Waals surface area contributed by atoms with Gasteiger partial charge in [-0.25, -0.2) is 0 Å². The van der Waals surface area contributed by atoms with E-state index in [1.165, 1.54) is 33.4 Å². The maximum Gasteiger partial charge on any atom is 0.0252 e. The van der Waals surface area contributed by atoms with Crippen molar-refractivity contribution in [3.8, 4) is 33.4 Å². The van der Waals surface area contributed by atoms with Crippen LogP contribution in [0.2, 0.25) is 0 Å². The van der Waals surface area contributed by atoms with Crippen molar-refractivity contribution in [2.45, 2.75) is 34.3 Å². The lowest BCUT2D eigenvalue weighted by Gasteiger charge is -2.26. The van der Waals surface area contributed by atoms with Gasteiger partial charge in [0, 0.05) is 34.3 Å². The molecular formula is C39H33NS3. The maximum atomic E-state index is 5.06. The summed E-state index contributed by atoms with van der Waals surface area (Å²) >= 11 is 15.2. The van der Waals surface area contributed by atoms with Gasteiger partial charge in [0.1, 0.15) is 0 Å². The zero-order valence-electron chi connectivity index (χ0n) is 23.8. The van der Waals surface area contributed by atoms with Crippen molar-refractivity contribution in [1.29, 1.82) is 0 Å². The maximum absolute atomic E-state index is 5.06. The molecule has 0 aliphatic heterocycles. The molecule has 43 heavy (non-hydrogen) atoms. The first-order chi connectivity index (χ1) is 21.1. The summed E-state index contributed by atoms with van der Waals surface area (Å²) in [5.74, 6) is 0. The van der Waals surface area contributed by atoms with E-state index >= 15 is 0 Å². The molecule has 0 spiro atoms. The van der Waals surface area contributed by atoms with Crippen LogP contribution in [-0.4, -0.2) is 4.90 Å². The molecule has 0 radical (unpaired) electrons. The highest BCUT2D eigenvalue weighted by Gasteiger charge is 2.17. The van der Waals surface area contributed by atoms with Crippen LogP contribution in [0, 0.1) is 0 Å². The van der Waals surface area contributed by atoms with Gasteiger partial charge in [-0.15, -0.1) is 37.9 Å². The first-order valence-corrected chi connectivity index (χ1v) is 15.7. The normalized spacial score (nSPS) is 11.2. The van der Waals surface area contributed by atoms with Crippen LogP contribution in [0.3, 0.4) is 0 Å². The standard InChI is InChI=1S/C39H33NS3/c41-37-31(19-10-22-34(37)28-13-4-1-5-14-28)25-40(26-32-20-11-23-35(38(32)42)29-15-6-2-7-16-29)27-33-21-12-24-36(39(33)43)30-17-8-3-9-18-30/h1-24,41-43H,25-27H2. The van der Waals surface area contributed by atoms with Gasteiger partial charge in [-0.1, -0.05) is 146 Å². The van der Waals surface area contributed by atoms with Gasteiger partial charge in [0.15, 0.2) is 0 Å². The second-order valence-electron chi connectivity index (χ2n) is 10.7. The van der Waals surface area contributed by atoms with Gasteiger partial charge in [-0.05, 0) is 50.1 Å². The van der Waals surface area contributed by atoms with Crippen molar-refractivity contribution < 1.29 is 0 Å². The van der Waals surface area contributed by atoms with Crippen LogP contribution in [-0.2, 0) is 19.6 Å². The monoisotopic (exact) mass is 611 g/mol. The average Bonchev–Trinajstić information content (AvgIpc) is 3.05. The van der Waals surface area contributed by atoms with E-state index < -0.39 is 0 Å². The highest BCUT2D eigenvalue weighted by atomic mass is 32.1. The Bertz CT molecular complexity index is 1600. The highest BCUT2D eigenvalue weighted by molar-refractivity contribution is 7.80. The largest absolute Gasteiger partial charge is 0.290 e. The van der Waals surface area contributed by atoms with E-state index in [4.69, 9.17) is 37.9 Å². The van der Waals surface area contributed by atoms with Gasteiger partial charge in [-0.2, -0.15) is 0 Å². The molecule has 212 valence electrons. The second-order valence-corrected chi connectivity index (χ2v) is 12.0. The third-order valence-electron chi connectivity index (χ3n) is 7.79. The molecule has 6 rings (SSSR count). The third-order valence-corrected chi connectivity index (χ3v) is 9.38. The average molecular weight is 612 g/mol. The summed E-state index contributed by atoms with van der Waals surface area (Å²) in [4.78, 5) is 5.49. The summed E-state index contributed by atoms with van der Waals surface area (Å²) in [5, 5.41) is 0. The predicted octanol–water partition coefficient (Wildman–Crippen LogP) is 10.8. The number of nitrogens with zero attached hydrogens (tertiary/aromatic N) is 1. The predicted molar refractivity (Wildman–Crippen MR) is 190 cm³/mol. The fourth-order valence-corrected chi connectivity index (χ4v) is 6.65. The first kappa shape index (κ1) is 29.4. The molecule has 0 fully saturated rings. The van der Waals surface area contributed by atoms with E-state index in [0.717, 1.165) is 51.0 Å². The minimum absolute atomic E-state index is 0.727. The number of rotatable bonds is 9. The van der Waals surface area contributed by atoms with Crippen LogP contribution < -0.4 is 0 Å². The molecule has 0 heterocycles. The van der Waals surface area contributed by atoms with E-state index in [9.17, 15) is 0 Å². The number of benzene rings is 6. The van der Waals surface area contributed by atoms with Crippen molar-refractivity contribution in [1.82, 2.24) is 4.90 Å². The Kier molecular flexibility index (Phi) is 9.40. The molecule has 0 saturated carbocycles. The van der Waals surface area contributed by atoms with Crippen molar-refractivity contribution in [2.75, 3.05) is 0 Å². The van der Waals surface area contributed by atoms with Gasteiger partial charge < -0.3 is 0 Å². The van der Waals surface area contributed by atoms with Crippen molar-refractivity contribution in [3.05, 3.63) is 162 Å².